The third kappa shape index (κ3) is 5.79. The van der Waals surface area contributed by atoms with E-state index in [1.54, 1.807) is 12.1 Å². The van der Waals surface area contributed by atoms with Crippen molar-refractivity contribution in [3.63, 3.8) is 0 Å². The first-order chi connectivity index (χ1) is 13.5. The summed E-state index contributed by atoms with van der Waals surface area (Å²) in [4.78, 5) is 30.6. The molecule has 7 nitrogen and oxygen atoms in total. The highest BCUT2D eigenvalue weighted by Gasteiger charge is 2.17. The van der Waals surface area contributed by atoms with E-state index in [9.17, 15) is 9.18 Å². The normalized spacial score (nSPS) is 14.0. The summed E-state index contributed by atoms with van der Waals surface area (Å²) in [5.74, 6) is 1.63. The van der Waals surface area contributed by atoms with Crippen molar-refractivity contribution < 1.29 is 9.18 Å². The molecule has 2 heterocycles. The first-order valence-electron chi connectivity index (χ1n) is 9.33. The number of carbonyl (C=O) groups excluding carboxylic acids is 1. The van der Waals surface area contributed by atoms with E-state index in [-0.39, 0.29) is 24.0 Å². The number of nitrogens with zero attached hydrogens (tertiary/aromatic N) is 5. The molecular formula is C19H25FN6OS. The van der Waals surface area contributed by atoms with Crippen LogP contribution in [0.4, 0.5) is 16.3 Å². The summed E-state index contributed by atoms with van der Waals surface area (Å²) >= 11 is 1.36. The van der Waals surface area contributed by atoms with Gasteiger partial charge >= 0.3 is 0 Å². The molecule has 0 unspecified atom stereocenters. The zero-order valence-electron chi connectivity index (χ0n) is 16.2. The number of hydrogen-bond donors (Lipinski definition) is 1. The van der Waals surface area contributed by atoms with Crippen molar-refractivity contribution in [1.82, 2.24) is 20.3 Å². The first kappa shape index (κ1) is 20.3. The van der Waals surface area contributed by atoms with Crippen molar-refractivity contribution in [2.45, 2.75) is 30.7 Å². The van der Waals surface area contributed by atoms with Crippen molar-refractivity contribution in [1.29, 1.82) is 0 Å². The van der Waals surface area contributed by atoms with Crippen molar-refractivity contribution in [3.05, 3.63) is 35.9 Å². The predicted molar refractivity (Wildman–Crippen MR) is 109 cm³/mol. The minimum Gasteiger partial charge on any atom is -0.348 e. The van der Waals surface area contributed by atoms with Gasteiger partial charge in [0.05, 0.1) is 12.3 Å². The van der Waals surface area contributed by atoms with Gasteiger partial charge in [0, 0.05) is 32.1 Å². The number of hydrogen-bond acceptors (Lipinski definition) is 7. The summed E-state index contributed by atoms with van der Waals surface area (Å²) in [7, 11) is 3.77. The number of anilines is 2. The van der Waals surface area contributed by atoms with Crippen LogP contribution in [-0.4, -0.2) is 53.8 Å². The molecule has 0 atom stereocenters. The summed E-state index contributed by atoms with van der Waals surface area (Å²) in [6.45, 7) is 2.13. The van der Waals surface area contributed by atoms with Crippen LogP contribution in [0.25, 0.3) is 0 Å². The standard InChI is InChI=1S/C19H25FN6OS/c1-25(2)18-22-16(23-19(24-18)26-10-4-3-5-11-26)12-21-17(27)13-28-15-8-6-14(20)7-9-15/h6-9H,3-5,10-13H2,1-2H3,(H,21,27). The van der Waals surface area contributed by atoms with Crippen LogP contribution >= 0.6 is 11.8 Å². The Kier molecular flexibility index (Phi) is 7.02. The maximum atomic E-state index is 12.9. The van der Waals surface area contributed by atoms with E-state index in [4.69, 9.17) is 0 Å². The smallest absolute Gasteiger partial charge is 0.230 e. The van der Waals surface area contributed by atoms with Crippen LogP contribution in [0.1, 0.15) is 25.1 Å². The molecule has 1 aromatic heterocycles. The number of carbonyl (C=O) groups is 1. The van der Waals surface area contributed by atoms with Crippen LogP contribution in [0.15, 0.2) is 29.2 Å². The molecule has 1 aliphatic heterocycles. The van der Waals surface area contributed by atoms with Crippen LogP contribution in [-0.2, 0) is 11.3 Å². The number of halogens is 1. The quantitative estimate of drug-likeness (QED) is 0.711. The van der Waals surface area contributed by atoms with E-state index in [0.717, 1.165) is 30.8 Å². The second-order valence-corrected chi connectivity index (χ2v) is 7.86. The zero-order valence-corrected chi connectivity index (χ0v) is 17.0. The molecule has 0 saturated carbocycles. The Balaban J connectivity index is 1.59. The Bertz CT molecular complexity index is 796. The molecule has 1 fully saturated rings. The summed E-state index contributed by atoms with van der Waals surface area (Å²) in [5, 5.41) is 2.85. The molecule has 1 saturated heterocycles. The van der Waals surface area contributed by atoms with E-state index in [1.807, 2.05) is 19.0 Å². The molecule has 1 aliphatic rings. The number of benzene rings is 1. The van der Waals surface area contributed by atoms with Gasteiger partial charge in [-0.25, -0.2) is 4.39 Å². The molecule has 3 rings (SSSR count). The molecule has 1 N–H and O–H groups in total. The molecule has 0 radical (unpaired) electrons. The summed E-state index contributed by atoms with van der Waals surface area (Å²) in [6.07, 6.45) is 3.50. The van der Waals surface area contributed by atoms with Gasteiger partial charge in [-0.2, -0.15) is 15.0 Å². The highest BCUT2D eigenvalue weighted by atomic mass is 32.2. The lowest BCUT2D eigenvalue weighted by atomic mass is 10.1. The molecule has 2 aromatic rings. The van der Waals surface area contributed by atoms with Gasteiger partial charge in [0.15, 0.2) is 5.82 Å². The van der Waals surface area contributed by atoms with Gasteiger partial charge in [-0.3, -0.25) is 4.79 Å². The van der Waals surface area contributed by atoms with Gasteiger partial charge in [-0.05, 0) is 43.5 Å². The number of rotatable bonds is 7. The fourth-order valence-electron chi connectivity index (χ4n) is 2.82. The molecular weight excluding hydrogens is 379 g/mol. The van der Waals surface area contributed by atoms with E-state index in [2.05, 4.69) is 25.2 Å². The van der Waals surface area contributed by atoms with Gasteiger partial charge in [-0.15, -0.1) is 11.8 Å². The molecule has 0 bridgehead atoms. The second kappa shape index (κ2) is 9.68. The monoisotopic (exact) mass is 404 g/mol. The SMILES string of the molecule is CN(C)c1nc(CNC(=O)CSc2ccc(F)cc2)nc(N2CCCCC2)n1. The maximum Gasteiger partial charge on any atom is 0.230 e. The Hall–Kier alpha value is -2.42. The van der Waals surface area contributed by atoms with Crippen molar-refractivity contribution in [2.24, 2.45) is 0 Å². The molecule has 1 aromatic carbocycles. The van der Waals surface area contributed by atoms with Crippen LogP contribution in [0.5, 0.6) is 0 Å². The summed E-state index contributed by atoms with van der Waals surface area (Å²) in [5.41, 5.74) is 0. The first-order valence-corrected chi connectivity index (χ1v) is 10.3. The number of aromatic nitrogens is 3. The lowest BCUT2D eigenvalue weighted by Gasteiger charge is -2.27. The van der Waals surface area contributed by atoms with Gasteiger partial charge in [0.1, 0.15) is 5.82 Å². The van der Waals surface area contributed by atoms with Crippen molar-refractivity contribution in [3.8, 4) is 0 Å². The van der Waals surface area contributed by atoms with Gasteiger partial charge in [-0.1, -0.05) is 0 Å². The fourth-order valence-corrected chi connectivity index (χ4v) is 3.55. The largest absolute Gasteiger partial charge is 0.348 e. The molecule has 28 heavy (non-hydrogen) atoms. The highest BCUT2D eigenvalue weighted by Crippen LogP contribution is 2.19. The van der Waals surface area contributed by atoms with E-state index in [0.29, 0.717) is 17.7 Å². The van der Waals surface area contributed by atoms with Crippen molar-refractivity contribution >= 4 is 29.6 Å². The number of piperidine rings is 1. The van der Waals surface area contributed by atoms with Crippen LogP contribution in [0, 0.1) is 5.82 Å². The summed E-state index contributed by atoms with van der Waals surface area (Å²) in [6, 6.07) is 6.09. The van der Waals surface area contributed by atoms with Crippen LogP contribution in [0.2, 0.25) is 0 Å². The molecule has 1 amide bonds. The van der Waals surface area contributed by atoms with Crippen LogP contribution in [0.3, 0.4) is 0 Å². The molecule has 0 aliphatic carbocycles. The number of thioether (sulfide) groups is 1. The molecule has 0 spiro atoms. The topological polar surface area (TPSA) is 74.2 Å². The lowest BCUT2D eigenvalue weighted by molar-refractivity contribution is -0.118. The summed E-state index contributed by atoms with van der Waals surface area (Å²) < 4.78 is 12.9. The minimum atomic E-state index is -0.287. The van der Waals surface area contributed by atoms with E-state index in [1.165, 1.54) is 30.3 Å². The van der Waals surface area contributed by atoms with Gasteiger partial charge < -0.3 is 15.1 Å². The van der Waals surface area contributed by atoms with Crippen LogP contribution < -0.4 is 15.1 Å². The van der Waals surface area contributed by atoms with Gasteiger partial charge in [0.25, 0.3) is 0 Å². The zero-order chi connectivity index (χ0) is 19.9. The van der Waals surface area contributed by atoms with Crippen molar-refractivity contribution in [2.75, 3.05) is 42.7 Å². The lowest BCUT2D eigenvalue weighted by Crippen LogP contribution is -2.33. The Morgan fingerprint density at radius 2 is 1.86 bits per heavy atom. The minimum absolute atomic E-state index is 0.124. The molecule has 150 valence electrons. The average Bonchev–Trinajstić information content (AvgIpc) is 2.72. The molecule has 9 heteroatoms. The third-order valence-electron chi connectivity index (χ3n) is 4.32. The highest BCUT2D eigenvalue weighted by molar-refractivity contribution is 8.00. The third-order valence-corrected chi connectivity index (χ3v) is 5.34. The van der Waals surface area contributed by atoms with E-state index < -0.39 is 0 Å². The fraction of sp³-hybridized carbons (Fsp3) is 0.474. The number of nitrogens with one attached hydrogen (secondary N) is 1. The Labute approximate surface area is 168 Å². The number of amides is 1. The second-order valence-electron chi connectivity index (χ2n) is 6.81. The average molecular weight is 405 g/mol. The van der Waals surface area contributed by atoms with E-state index >= 15 is 0 Å². The Morgan fingerprint density at radius 3 is 2.54 bits per heavy atom. The Morgan fingerprint density at radius 1 is 1.14 bits per heavy atom. The predicted octanol–water partition coefficient (Wildman–Crippen LogP) is 2.48. The maximum absolute atomic E-state index is 12.9. The van der Waals surface area contributed by atoms with Gasteiger partial charge in [0.2, 0.25) is 17.8 Å².